The SMILES string of the molecule is [N-]=[N+]=N[C@H]1O[C@H](CO)[C@@H](O)[C@H]1O. The summed E-state index contributed by atoms with van der Waals surface area (Å²) in [5.74, 6) is 0. The van der Waals surface area contributed by atoms with E-state index in [-0.39, 0.29) is 0 Å². The van der Waals surface area contributed by atoms with E-state index in [1.54, 1.807) is 0 Å². The second kappa shape index (κ2) is 3.70. The van der Waals surface area contributed by atoms with Crippen molar-refractivity contribution in [2.24, 2.45) is 5.11 Å². The third-order valence-electron chi connectivity index (χ3n) is 1.68. The molecule has 0 amide bonds. The van der Waals surface area contributed by atoms with Crippen LogP contribution in [-0.2, 0) is 4.74 Å². The number of aliphatic hydroxyl groups is 3. The minimum absolute atomic E-state index is 0.421. The molecule has 0 aromatic carbocycles. The zero-order valence-electron chi connectivity index (χ0n) is 6.11. The third kappa shape index (κ3) is 1.50. The maximum atomic E-state index is 9.14. The lowest BCUT2D eigenvalue weighted by atomic mass is 10.1. The Morgan fingerprint density at radius 3 is 2.50 bits per heavy atom. The number of rotatable bonds is 2. The van der Waals surface area contributed by atoms with Gasteiger partial charge in [-0.3, -0.25) is 0 Å². The van der Waals surface area contributed by atoms with Gasteiger partial charge in [-0.15, -0.1) is 0 Å². The Bertz CT molecular complexity index is 205. The van der Waals surface area contributed by atoms with Gasteiger partial charge >= 0.3 is 0 Å². The van der Waals surface area contributed by atoms with Crippen LogP contribution in [0.2, 0.25) is 0 Å². The average Bonchev–Trinajstić information content (AvgIpc) is 2.33. The van der Waals surface area contributed by atoms with Crippen LogP contribution in [-0.4, -0.2) is 46.5 Å². The number of hydrogen-bond acceptors (Lipinski definition) is 5. The fourth-order valence-electron chi connectivity index (χ4n) is 1.03. The molecule has 0 saturated carbocycles. The molecule has 68 valence electrons. The molecule has 0 aromatic rings. The lowest BCUT2D eigenvalue weighted by molar-refractivity contribution is -0.0198. The first-order valence-corrected chi connectivity index (χ1v) is 3.37. The summed E-state index contributed by atoms with van der Waals surface area (Å²) in [4.78, 5) is 2.42. The molecule has 1 aliphatic heterocycles. The summed E-state index contributed by atoms with van der Waals surface area (Å²) in [5.41, 5.74) is 8.01. The fraction of sp³-hybridized carbons (Fsp3) is 1.00. The first kappa shape index (κ1) is 9.24. The molecular formula is C5H9N3O4. The second-order valence-electron chi connectivity index (χ2n) is 2.43. The summed E-state index contributed by atoms with van der Waals surface area (Å²) < 4.78 is 4.81. The van der Waals surface area contributed by atoms with E-state index < -0.39 is 31.1 Å². The van der Waals surface area contributed by atoms with Crippen LogP contribution in [0.1, 0.15) is 0 Å². The topological polar surface area (TPSA) is 119 Å². The highest BCUT2D eigenvalue weighted by Crippen LogP contribution is 2.21. The van der Waals surface area contributed by atoms with Crippen molar-refractivity contribution in [2.75, 3.05) is 6.61 Å². The van der Waals surface area contributed by atoms with E-state index in [1.165, 1.54) is 0 Å². The maximum Gasteiger partial charge on any atom is 0.165 e. The van der Waals surface area contributed by atoms with Crippen LogP contribution in [0, 0.1) is 0 Å². The monoisotopic (exact) mass is 175 g/mol. The Hall–Kier alpha value is -0.850. The standard InChI is InChI=1S/C5H9N3O4/c6-8-7-5-4(11)3(10)2(1-9)12-5/h2-5,9-11H,1H2/t2-,3-,4-,5+/m1/s1. The van der Waals surface area contributed by atoms with Gasteiger partial charge in [0.25, 0.3) is 0 Å². The molecule has 0 unspecified atom stereocenters. The maximum absolute atomic E-state index is 9.14. The molecule has 1 saturated heterocycles. The Labute approximate surface area is 67.8 Å². The number of ether oxygens (including phenoxy) is 1. The van der Waals surface area contributed by atoms with E-state index >= 15 is 0 Å². The Morgan fingerprint density at radius 1 is 1.42 bits per heavy atom. The lowest BCUT2D eigenvalue weighted by Gasteiger charge is -2.10. The van der Waals surface area contributed by atoms with E-state index in [9.17, 15) is 0 Å². The normalized spacial score (nSPS) is 40.9. The molecule has 1 rings (SSSR count). The highest BCUT2D eigenvalue weighted by Gasteiger charge is 2.41. The molecule has 12 heavy (non-hydrogen) atoms. The molecule has 1 fully saturated rings. The van der Waals surface area contributed by atoms with E-state index in [4.69, 9.17) is 25.6 Å². The van der Waals surface area contributed by atoms with Gasteiger partial charge in [0, 0.05) is 4.91 Å². The molecule has 1 heterocycles. The molecule has 1 aliphatic rings. The van der Waals surface area contributed by atoms with Crippen molar-refractivity contribution in [1.82, 2.24) is 0 Å². The molecule has 0 aromatic heterocycles. The Kier molecular flexibility index (Phi) is 2.85. The zero-order valence-corrected chi connectivity index (χ0v) is 6.11. The summed E-state index contributed by atoms with van der Waals surface area (Å²) in [6, 6.07) is 0. The predicted molar refractivity (Wildman–Crippen MR) is 36.9 cm³/mol. The van der Waals surface area contributed by atoms with Gasteiger partial charge in [0.15, 0.2) is 6.23 Å². The van der Waals surface area contributed by atoms with Crippen LogP contribution in [0.15, 0.2) is 5.11 Å². The van der Waals surface area contributed by atoms with E-state index in [2.05, 4.69) is 10.0 Å². The van der Waals surface area contributed by atoms with Crippen LogP contribution < -0.4 is 0 Å². The van der Waals surface area contributed by atoms with Crippen molar-refractivity contribution in [3.05, 3.63) is 10.4 Å². The van der Waals surface area contributed by atoms with Crippen molar-refractivity contribution in [3.8, 4) is 0 Å². The van der Waals surface area contributed by atoms with Gasteiger partial charge in [0.05, 0.1) is 6.61 Å². The summed E-state index contributed by atoms with van der Waals surface area (Å²) in [6.45, 7) is -0.421. The summed E-state index contributed by atoms with van der Waals surface area (Å²) in [5, 5.41) is 30.0. The lowest BCUT2D eigenvalue weighted by Crippen LogP contribution is -2.33. The van der Waals surface area contributed by atoms with Gasteiger partial charge in [-0.05, 0) is 5.53 Å². The van der Waals surface area contributed by atoms with E-state index in [0.29, 0.717) is 0 Å². The number of azide groups is 1. The van der Waals surface area contributed by atoms with Gasteiger partial charge < -0.3 is 20.1 Å². The van der Waals surface area contributed by atoms with Gasteiger partial charge in [-0.25, -0.2) is 0 Å². The van der Waals surface area contributed by atoms with Crippen molar-refractivity contribution in [1.29, 1.82) is 0 Å². The third-order valence-corrected chi connectivity index (χ3v) is 1.68. The van der Waals surface area contributed by atoms with Crippen LogP contribution in [0.25, 0.3) is 10.4 Å². The van der Waals surface area contributed by atoms with Gasteiger partial charge in [-0.2, -0.15) is 0 Å². The average molecular weight is 175 g/mol. The molecule has 3 N–H and O–H groups in total. The summed E-state index contributed by atoms with van der Waals surface area (Å²) in [6.07, 6.45) is -4.46. The second-order valence-corrected chi connectivity index (χ2v) is 2.43. The molecular weight excluding hydrogens is 166 g/mol. The molecule has 7 nitrogen and oxygen atoms in total. The van der Waals surface area contributed by atoms with Gasteiger partial charge in [0.2, 0.25) is 0 Å². The van der Waals surface area contributed by atoms with Crippen LogP contribution >= 0.6 is 0 Å². The molecule has 0 spiro atoms. The largest absolute Gasteiger partial charge is 0.394 e. The smallest absolute Gasteiger partial charge is 0.165 e. The Morgan fingerprint density at radius 2 is 2.08 bits per heavy atom. The fourth-order valence-corrected chi connectivity index (χ4v) is 1.03. The van der Waals surface area contributed by atoms with Crippen molar-refractivity contribution in [3.63, 3.8) is 0 Å². The molecule has 0 aliphatic carbocycles. The predicted octanol–water partition coefficient (Wildman–Crippen LogP) is -1.26. The number of aliphatic hydroxyl groups excluding tert-OH is 3. The Balaban J connectivity index is 2.66. The first-order valence-electron chi connectivity index (χ1n) is 3.37. The van der Waals surface area contributed by atoms with Crippen LogP contribution in [0.3, 0.4) is 0 Å². The highest BCUT2D eigenvalue weighted by atomic mass is 16.6. The van der Waals surface area contributed by atoms with Gasteiger partial charge in [0.1, 0.15) is 18.3 Å². The highest BCUT2D eigenvalue weighted by molar-refractivity contribution is 4.88. The van der Waals surface area contributed by atoms with E-state index in [0.717, 1.165) is 0 Å². The van der Waals surface area contributed by atoms with E-state index in [1.807, 2.05) is 0 Å². The van der Waals surface area contributed by atoms with Crippen LogP contribution in [0.5, 0.6) is 0 Å². The van der Waals surface area contributed by atoms with Gasteiger partial charge in [-0.1, -0.05) is 5.11 Å². The van der Waals surface area contributed by atoms with Crippen molar-refractivity contribution < 1.29 is 20.1 Å². The van der Waals surface area contributed by atoms with Crippen LogP contribution in [0.4, 0.5) is 0 Å². The summed E-state index contributed by atoms with van der Waals surface area (Å²) in [7, 11) is 0. The number of hydrogen-bond donors (Lipinski definition) is 3. The molecule has 0 radical (unpaired) electrons. The number of nitrogens with zero attached hydrogens (tertiary/aromatic N) is 3. The zero-order chi connectivity index (χ0) is 9.14. The minimum Gasteiger partial charge on any atom is -0.394 e. The quantitative estimate of drug-likeness (QED) is 0.275. The van der Waals surface area contributed by atoms with Crippen molar-refractivity contribution in [2.45, 2.75) is 24.5 Å². The molecule has 0 bridgehead atoms. The molecule has 7 heteroatoms. The molecule has 4 atom stereocenters. The first-order chi connectivity index (χ1) is 5.70. The minimum atomic E-state index is -1.27. The van der Waals surface area contributed by atoms with Crippen molar-refractivity contribution >= 4 is 0 Å². The summed E-state index contributed by atoms with van der Waals surface area (Å²) >= 11 is 0.